The summed E-state index contributed by atoms with van der Waals surface area (Å²) in [7, 11) is 0. The molecule has 3 N–H and O–H groups in total. The molecule has 6 unspecified atom stereocenters. The minimum absolute atomic E-state index is 0.0689. The van der Waals surface area contributed by atoms with E-state index in [1.165, 1.54) is 0 Å². The third kappa shape index (κ3) is 42.7. The summed E-state index contributed by atoms with van der Waals surface area (Å²) in [6.07, 6.45) is 66.5. The van der Waals surface area contributed by atoms with Crippen LogP contribution in [0, 0.1) is 0 Å². The van der Waals surface area contributed by atoms with Gasteiger partial charge in [-0.15, -0.1) is 0 Å². The first kappa shape index (κ1) is 71.1. The van der Waals surface area contributed by atoms with Gasteiger partial charge in [0.25, 0.3) is 0 Å². The number of carbonyl (C=O) groups is 4. The zero-order chi connectivity index (χ0) is 57.5. The summed E-state index contributed by atoms with van der Waals surface area (Å²) in [5.74, 6) is -3.45. The van der Waals surface area contributed by atoms with Crippen LogP contribution in [0.15, 0.2) is 170 Å². The zero-order valence-electron chi connectivity index (χ0n) is 48.0. The minimum atomic E-state index is -1.96. The van der Waals surface area contributed by atoms with Gasteiger partial charge in [0.1, 0.15) is 18.8 Å². The summed E-state index contributed by atoms with van der Waals surface area (Å²) < 4.78 is 28.2. The van der Waals surface area contributed by atoms with E-state index in [4.69, 9.17) is 23.7 Å². The Morgan fingerprint density at radius 1 is 0.430 bits per heavy atom. The molecule has 0 amide bonds. The van der Waals surface area contributed by atoms with E-state index in [2.05, 4.69) is 154 Å². The summed E-state index contributed by atoms with van der Waals surface area (Å²) in [4.78, 5) is 51.0. The topological polar surface area (TPSA) is 175 Å². The van der Waals surface area contributed by atoms with Crippen LogP contribution in [0.4, 0.5) is 0 Å². The third-order valence-electron chi connectivity index (χ3n) is 11.8. The molecule has 0 saturated carbocycles. The number of esters is 3. The fourth-order valence-corrected chi connectivity index (χ4v) is 7.48. The molecule has 0 spiro atoms. The fourth-order valence-electron chi connectivity index (χ4n) is 7.48. The molecule has 438 valence electrons. The van der Waals surface area contributed by atoms with E-state index < -0.39 is 67.3 Å². The van der Waals surface area contributed by atoms with E-state index in [9.17, 15) is 34.5 Å². The highest BCUT2D eigenvalue weighted by Gasteiger charge is 2.50. The van der Waals surface area contributed by atoms with Crippen LogP contribution < -0.4 is 0 Å². The Morgan fingerprint density at radius 3 is 1.27 bits per heavy atom. The lowest BCUT2D eigenvalue weighted by Crippen LogP contribution is -2.61. The lowest BCUT2D eigenvalue weighted by molar-refractivity contribution is -0.301. The Labute approximate surface area is 475 Å². The molecule has 12 heteroatoms. The predicted octanol–water partition coefficient (Wildman–Crippen LogP) is 15.1. The quantitative estimate of drug-likeness (QED) is 0.0228. The summed E-state index contributed by atoms with van der Waals surface area (Å²) in [5.41, 5.74) is 0. The Bertz CT molecular complexity index is 2020. The average molecular weight is 1100 g/mol. The highest BCUT2D eigenvalue weighted by molar-refractivity contribution is 5.74. The van der Waals surface area contributed by atoms with Gasteiger partial charge in [0.15, 0.2) is 24.6 Å². The van der Waals surface area contributed by atoms with Crippen molar-refractivity contribution < 1.29 is 58.2 Å². The molecule has 79 heavy (non-hydrogen) atoms. The van der Waals surface area contributed by atoms with Gasteiger partial charge in [-0.2, -0.15) is 0 Å². The lowest BCUT2D eigenvalue weighted by atomic mass is 9.98. The van der Waals surface area contributed by atoms with E-state index in [1.807, 2.05) is 24.3 Å². The molecular formula is C67H98O12. The Balaban J connectivity index is 2.82. The van der Waals surface area contributed by atoms with Crippen molar-refractivity contribution in [1.29, 1.82) is 0 Å². The van der Waals surface area contributed by atoms with Crippen molar-refractivity contribution in [3.8, 4) is 0 Å². The smallest absolute Gasteiger partial charge is 0.335 e. The van der Waals surface area contributed by atoms with E-state index in [0.717, 1.165) is 109 Å². The first-order valence-electron chi connectivity index (χ1n) is 29.1. The monoisotopic (exact) mass is 1090 g/mol. The van der Waals surface area contributed by atoms with Crippen molar-refractivity contribution in [2.45, 2.75) is 212 Å². The van der Waals surface area contributed by atoms with E-state index in [1.54, 1.807) is 12.2 Å². The molecule has 1 saturated heterocycles. The van der Waals surface area contributed by atoms with Crippen LogP contribution in [0.3, 0.4) is 0 Å². The van der Waals surface area contributed by atoms with Crippen LogP contribution in [0.25, 0.3) is 0 Å². The Hall–Kier alpha value is -5.92. The second-order valence-corrected chi connectivity index (χ2v) is 18.8. The van der Waals surface area contributed by atoms with Crippen LogP contribution in [0.2, 0.25) is 0 Å². The van der Waals surface area contributed by atoms with Crippen molar-refractivity contribution in [2.24, 2.45) is 0 Å². The number of hydrogen-bond acceptors (Lipinski definition) is 11. The van der Waals surface area contributed by atoms with Gasteiger partial charge in [0.05, 0.1) is 13.0 Å². The number of aliphatic hydroxyl groups excluding tert-OH is 2. The van der Waals surface area contributed by atoms with Gasteiger partial charge in [-0.3, -0.25) is 14.4 Å². The summed E-state index contributed by atoms with van der Waals surface area (Å²) >= 11 is 0. The fraction of sp³-hybridized carbons (Fsp3) is 0.522. The molecule has 0 aromatic heterocycles. The number of carboxylic acids is 1. The molecule has 0 bridgehead atoms. The standard InChI is InChI=1S/C67H98O12/c1-4-7-10-13-16-19-22-25-28-29-30-31-34-35-38-41-44-47-50-53-59(68)75-56-58(77-60(69)54-51-48-45-42-39-36-32-26-23-20-17-14-11-8-5-2)57-76-67-65(63(72)62(71)64(79-67)66(73)74)78-61(70)55-52-49-46-43-40-37-33-27-24-21-18-15-12-9-6-3/h7-12,16-21,25-28,30-33,35,38,40,43-44,47,49,52,58,62-65,67,71-72H,4-6,13-15,22-24,29,34,36-37,39,41-42,45-46,48,50-51,53-57H2,1-3H3,(H,73,74)/b10-7-,11-8-,12-9-,19-16-,20-17-,21-18-,28-25-,31-30-,32-26-,33-27-,38-35-,43-40-,47-44-,52-49-. The molecule has 0 aliphatic carbocycles. The van der Waals surface area contributed by atoms with E-state index in [0.29, 0.717) is 25.7 Å². The number of aliphatic carboxylic acids is 1. The second-order valence-electron chi connectivity index (χ2n) is 18.8. The molecule has 1 aliphatic rings. The first-order chi connectivity index (χ1) is 38.6. The average Bonchev–Trinajstić information content (AvgIpc) is 3.46. The van der Waals surface area contributed by atoms with Crippen molar-refractivity contribution in [2.75, 3.05) is 13.2 Å². The molecule has 1 heterocycles. The zero-order valence-corrected chi connectivity index (χ0v) is 48.0. The van der Waals surface area contributed by atoms with Crippen molar-refractivity contribution in [3.05, 3.63) is 170 Å². The van der Waals surface area contributed by atoms with Crippen LogP contribution in [0.5, 0.6) is 0 Å². The van der Waals surface area contributed by atoms with Crippen molar-refractivity contribution in [3.63, 3.8) is 0 Å². The number of ether oxygens (including phenoxy) is 5. The normalized spacial score (nSPS) is 19.1. The first-order valence-corrected chi connectivity index (χ1v) is 29.1. The molecular weight excluding hydrogens is 997 g/mol. The number of carbonyl (C=O) groups excluding carboxylic acids is 3. The number of allylic oxidation sites excluding steroid dienone is 27. The molecule has 1 fully saturated rings. The van der Waals surface area contributed by atoms with Gasteiger partial charge >= 0.3 is 23.9 Å². The molecule has 12 nitrogen and oxygen atoms in total. The van der Waals surface area contributed by atoms with E-state index in [-0.39, 0.29) is 25.9 Å². The van der Waals surface area contributed by atoms with Crippen LogP contribution in [0.1, 0.15) is 175 Å². The number of hydrogen-bond donors (Lipinski definition) is 3. The summed E-state index contributed by atoms with van der Waals surface area (Å²) in [6, 6.07) is 0. The van der Waals surface area contributed by atoms with Gasteiger partial charge in [0.2, 0.25) is 0 Å². The minimum Gasteiger partial charge on any atom is -0.479 e. The number of unbranched alkanes of at least 4 members (excludes halogenated alkanes) is 5. The van der Waals surface area contributed by atoms with Crippen LogP contribution >= 0.6 is 0 Å². The number of rotatable bonds is 46. The maximum absolute atomic E-state index is 13.1. The number of carboxylic acid groups (broad SMARTS) is 1. The van der Waals surface area contributed by atoms with Crippen molar-refractivity contribution >= 4 is 23.9 Å². The van der Waals surface area contributed by atoms with Gasteiger partial charge < -0.3 is 39.0 Å². The van der Waals surface area contributed by atoms with Crippen LogP contribution in [-0.2, 0) is 42.9 Å². The molecule has 0 aromatic carbocycles. The molecule has 1 rings (SSSR count). The van der Waals surface area contributed by atoms with Gasteiger partial charge in [-0.05, 0) is 116 Å². The Morgan fingerprint density at radius 2 is 0.823 bits per heavy atom. The maximum Gasteiger partial charge on any atom is 0.335 e. The van der Waals surface area contributed by atoms with Crippen LogP contribution in [-0.4, -0.2) is 89.2 Å². The summed E-state index contributed by atoms with van der Waals surface area (Å²) in [5, 5.41) is 31.4. The predicted molar refractivity (Wildman–Crippen MR) is 321 cm³/mol. The SMILES string of the molecule is CC/C=C\C/C=C\C/C=C\C/C=C\C/C=C\C/C=C\CCC(=O)OCC(COC1OC(C(=O)O)C(O)C(O)C1OC(=O)C/C=C\C/C=C\C/C=C\C/C=C\C/C=C\CC)OC(=O)CCCCCCC/C=C\C/C=C\C/C=C\CC. The van der Waals surface area contributed by atoms with Gasteiger partial charge in [0, 0.05) is 12.8 Å². The highest BCUT2D eigenvalue weighted by atomic mass is 16.7. The largest absolute Gasteiger partial charge is 0.479 e. The second kappa shape index (κ2) is 52.8. The van der Waals surface area contributed by atoms with E-state index >= 15 is 0 Å². The molecule has 0 aromatic rings. The maximum atomic E-state index is 13.1. The third-order valence-corrected chi connectivity index (χ3v) is 11.8. The summed E-state index contributed by atoms with van der Waals surface area (Å²) in [6.45, 7) is 5.50. The Kier molecular flexibility index (Phi) is 47.5. The highest BCUT2D eigenvalue weighted by Crippen LogP contribution is 2.26. The molecule has 0 radical (unpaired) electrons. The number of aliphatic hydroxyl groups is 2. The van der Waals surface area contributed by atoms with Gasteiger partial charge in [-0.1, -0.05) is 210 Å². The van der Waals surface area contributed by atoms with Crippen molar-refractivity contribution in [1.82, 2.24) is 0 Å². The van der Waals surface area contributed by atoms with Gasteiger partial charge in [-0.25, -0.2) is 4.79 Å². The molecule has 6 atom stereocenters. The molecule has 1 aliphatic heterocycles. The lowest BCUT2D eigenvalue weighted by Gasteiger charge is -2.40.